The molecule has 2 aromatic carbocycles. The van der Waals surface area contributed by atoms with Crippen molar-refractivity contribution < 1.29 is 17.7 Å². The van der Waals surface area contributed by atoms with Crippen molar-refractivity contribution in [1.29, 1.82) is 0 Å². The zero-order chi connectivity index (χ0) is 28.9. The zero-order valence-corrected chi connectivity index (χ0v) is 24.6. The van der Waals surface area contributed by atoms with Crippen LogP contribution in [0.15, 0.2) is 53.1 Å². The predicted molar refractivity (Wildman–Crippen MR) is 157 cm³/mol. The second-order valence-electron chi connectivity index (χ2n) is 9.81. The van der Waals surface area contributed by atoms with E-state index in [1.807, 2.05) is 66.9 Å². The Morgan fingerprint density at radius 2 is 1.75 bits per heavy atom. The van der Waals surface area contributed by atoms with Gasteiger partial charge in [0.25, 0.3) is 5.91 Å². The maximum absolute atomic E-state index is 13.0. The molecule has 2 aromatic heterocycles. The number of imidazole rings is 1. The van der Waals surface area contributed by atoms with Gasteiger partial charge in [0.1, 0.15) is 11.5 Å². The molecule has 1 amide bonds. The van der Waals surface area contributed by atoms with Crippen LogP contribution in [-0.2, 0) is 35.2 Å². The summed E-state index contributed by atoms with van der Waals surface area (Å²) >= 11 is 0. The highest BCUT2D eigenvalue weighted by Gasteiger charge is 2.22. The second-order valence-corrected chi connectivity index (χ2v) is 11.5. The number of aromatic nitrogens is 3. The number of sulfonamides is 1. The number of hydrogen-bond donors (Lipinski definition) is 2. The highest BCUT2D eigenvalue weighted by atomic mass is 32.2. The van der Waals surface area contributed by atoms with E-state index >= 15 is 0 Å². The van der Waals surface area contributed by atoms with Crippen molar-refractivity contribution in [2.75, 3.05) is 11.3 Å². The van der Waals surface area contributed by atoms with Crippen LogP contribution < -0.4 is 10.0 Å². The molecule has 0 aliphatic heterocycles. The van der Waals surface area contributed by atoms with E-state index in [2.05, 4.69) is 22.1 Å². The number of amides is 1. The molecule has 4 aromatic rings. The summed E-state index contributed by atoms with van der Waals surface area (Å²) in [5, 5.41) is 6.76. The van der Waals surface area contributed by atoms with Crippen LogP contribution in [0.5, 0.6) is 0 Å². The summed E-state index contributed by atoms with van der Waals surface area (Å²) in [6.07, 6.45) is 2.39. The number of aryl methyl sites for hydroxylation is 3. The highest BCUT2D eigenvalue weighted by molar-refractivity contribution is 7.91. The van der Waals surface area contributed by atoms with Crippen LogP contribution >= 0.6 is 0 Å². The van der Waals surface area contributed by atoms with Crippen molar-refractivity contribution in [2.24, 2.45) is 0 Å². The van der Waals surface area contributed by atoms with Crippen molar-refractivity contribution in [3.63, 3.8) is 0 Å². The summed E-state index contributed by atoms with van der Waals surface area (Å²) in [6, 6.07) is 15.5. The number of nitrogens with one attached hydrogen (secondary N) is 2. The van der Waals surface area contributed by atoms with Gasteiger partial charge in [0.15, 0.2) is 0 Å². The lowest BCUT2D eigenvalue weighted by atomic mass is 9.99. The van der Waals surface area contributed by atoms with E-state index in [1.54, 1.807) is 13.8 Å². The molecular weight excluding hydrogens is 526 g/mol. The standard InChI is InChI=1S/C30H37N5O4S/c1-6-11-27-32-26(7-2)28(29(36)31-8-3)35(27)18-22-14-16-23(17-15-22)25-13-10-9-12-24(25)19-40(37,38)34-30-20(4)21(5)33-39-30/h9-10,12-17,34H,6-8,11,18-19H2,1-5H3,(H,31,36). The third-order valence-electron chi connectivity index (χ3n) is 6.85. The number of carbonyl (C=O) groups excluding carboxylic acids is 1. The average molecular weight is 564 g/mol. The Kier molecular flexibility index (Phi) is 9.09. The second kappa shape index (κ2) is 12.5. The maximum Gasteiger partial charge on any atom is 0.269 e. The van der Waals surface area contributed by atoms with Crippen molar-refractivity contribution in [2.45, 2.75) is 66.2 Å². The fraction of sp³-hybridized carbons (Fsp3) is 0.367. The van der Waals surface area contributed by atoms with Crippen molar-refractivity contribution in [3.05, 3.63) is 88.1 Å². The van der Waals surface area contributed by atoms with Gasteiger partial charge in [-0.05, 0) is 55.9 Å². The fourth-order valence-corrected chi connectivity index (χ4v) is 5.88. The lowest BCUT2D eigenvalue weighted by Gasteiger charge is -2.14. The van der Waals surface area contributed by atoms with Gasteiger partial charge in [-0.1, -0.05) is 67.5 Å². The molecule has 0 bridgehead atoms. The summed E-state index contributed by atoms with van der Waals surface area (Å²) in [4.78, 5) is 17.7. The molecule has 0 aliphatic carbocycles. The average Bonchev–Trinajstić information content (AvgIpc) is 3.43. The van der Waals surface area contributed by atoms with Crippen molar-refractivity contribution >= 4 is 21.8 Å². The first-order chi connectivity index (χ1) is 19.2. The lowest BCUT2D eigenvalue weighted by Crippen LogP contribution is -2.27. The molecule has 0 fully saturated rings. The first-order valence-electron chi connectivity index (χ1n) is 13.6. The SMILES string of the molecule is CCCc1nc(CC)c(C(=O)NCC)n1Cc1ccc(-c2ccccc2CS(=O)(=O)Nc2onc(C)c2C)cc1. The van der Waals surface area contributed by atoms with Gasteiger partial charge in [0.05, 0.1) is 17.1 Å². The number of rotatable bonds is 12. The quantitative estimate of drug-likeness (QED) is 0.238. The molecule has 0 spiro atoms. The number of carbonyl (C=O) groups is 1. The molecule has 212 valence electrons. The van der Waals surface area contributed by atoms with E-state index in [9.17, 15) is 13.2 Å². The molecule has 0 saturated carbocycles. The smallest absolute Gasteiger partial charge is 0.269 e. The Hall–Kier alpha value is -3.92. The summed E-state index contributed by atoms with van der Waals surface area (Å²) in [6.45, 7) is 10.6. The first-order valence-corrected chi connectivity index (χ1v) is 15.3. The Bertz CT molecular complexity index is 1590. The van der Waals surface area contributed by atoms with Gasteiger partial charge >= 0.3 is 0 Å². The number of benzene rings is 2. The van der Waals surface area contributed by atoms with Gasteiger partial charge in [-0.15, -0.1) is 0 Å². The number of hydrogen-bond acceptors (Lipinski definition) is 6. The van der Waals surface area contributed by atoms with E-state index in [0.717, 1.165) is 41.1 Å². The van der Waals surface area contributed by atoms with Gasteiger partial charge in [0, 0.05) is 25.1 Å². The molecule has 2 N–H and O–H groups in total. The molecular formula is C30H37N5O4S. The highest BCUT2D eigenvalue weighted by Crippen LogP contribution is 2.28. The molecule has 10 heteroatoms. The van der Waals surface area contributed by atoms with Crippen LogP contribution in [0.25, 0.3) is 11.1 Å². The van der Waals surface area contributed by atoms with Gasteiger partial charge in [0.2, 0.25) is 15.9 Å². The molecule has 0 radical (unpaired) electrons. The Labute approximate surface area is 236 Å². The molecule has 0 atom stereocenters. The zero-order valence-electron chi connectivity index (χ0n) is 23.7. The summed E-state index contributed by atoms with van der Waals surface area (Å²) in [5.74, 6) is 0.726. The van der Waals surface area contributed by atoms with E-state index in [-0.39, 0.29) is 17.5 Å². The molecule has 40 heavy (non-hydrogen) atoms. The Balaban J connectivity index is 1.60. The van der Waals surface area contributed by atoms with Crippen molar-refractivity contribution in [3.8, 4) is 11.1 Å². The number of anilines is 1. The largest absolute Gasteiger partial charge is 0.351 e. The van der Waals surface area contributed by atoms with Crippen LogP contribution in [-0.4, -0.2) is 35.6 Å². The normalized spacial score (nSPS) is 11.5. The summed E-state index contributed by atoms with van der Waals surface area (Å²) < 4.78 is 35.6. The summed E-state index contributed by atoms with van der Waals surface area (Å²) in [5.41, 5.74) is 6.16. The van der Waals surface area contributed by atoms with E-state index in [1.165, 1.54) is 0 Å². The van der Waals surface area contributed by atoms with Crippen LogP contribution in [0.1, 0.15) is 71.6 Å². The fourth-order valence-electron chi connectivity index (χ4n) is 4.68. The van der Waals surface area contributed by atoms with Crippen molar-refractivity contribution in [1.82, 2.24) is 20.0 Å². The topological polar surface area (TPSA) is 119 Å². The summed E-state index contributed by atoms with van der Waals surface area (Å²) in [7, 11) is -3.74. The third kappa shape index (κ3) is 6.44. The van der Waals surface area contributed by atoms with E-state index < -0.39 is 10.0 Å². The molecule has 4 rings (SSSR count). The minimum Gasteiger partial charge on any atom is -0.351 e. The first kappa shape index (κ1) is 29.1. The third-order valence-corrected chi connectivity index (χ3v) is 8.04. The Morgan fingerprint density at radius 1 is 1.02 bits per heavy atom. The van der Waals surface area contributed by atoms with E-state index in [4.69, 9.17) is 9.51 Å². The minimum absolute atomic E-state index is 0.106. The van der Waals surface area contributed by atoms with Crippen LogP contribution in [0.2, 0.25) is 0 Å². The minimum atomic E-state index is -3.74. The maximum atomic E-state index is 13.0. The van der Waals surface area contributed by atoms with Crippen LogP contribution in [0.3, 0.4) is 0 Å². The Morgan fingerprint density at radius 3 is 2.38 bits per heavy atom. The van der Waals surface area contributed by atoms with Gasteiger partial charge in [-0.2, -0.15) is 0 Å². The molecule has 9 nitrogen and oxygen atoms in total. The van der Waals surface area contributed by atoms with Gasteiger partial charge < -0.3 is 14.4 Å². The van der Waals surface area contributed by atoms with Gasteiger partial charge in [-0.25, -0.2) is 13.4 Å². The molecule has 0 aliphatic rings. The predicted octanol–water partition coefficient (Wildman–Crippen LogP) is 5.41. The molecule has 0 saturated heterocycles. The molecule has 2 heterocycles. The van der Waals surface area contributed by atoms with Crippen LogP contribution in [0, 0.1) is 13.8 Å². The molecule has 0 unspecified atom stereocenters. The van der Waals surface area contributed by atoms with Gasteiger partial charge in [-0.3, -0.25) is 9.52 Å². The van der Waals surface area contributed by atoms with Crippen LogP contribution in [0.4, 0.5) is 5.88 Å². The van der Waals surface area contributed by atoms with E-state index in [0.29, 0.717) is 42.0 Å². The monoisotopic (exact) mass is 563 g/mol. The lowest BCUT2D eigenvalue weighted by molar-refractivity contribution is 0.0945. The number of nitrogens with zero attached hydrogens (tertiary/aromatic N) is 3.